The molecule has 0 radical (unpaired) electrons. The highest BCUT2D eigenvalue weighted by molar-refractivity contribution is 5.82. The quantitative estimate of drug-likeness (QED) is 0.809. The average molecular weight is 315 g/mol. The molecule has 1 amide bonds. The van der Waals surface area contributed by atoms with Gasteiger partial charge in [0.25, 0.3) is 0 Å². The Morgan fingerprint density at radius 2 is 1.64 bits per heavy atom. The van der Waals surface area contributed by atoms with Gasteiger partial charge in [-0.3, -0.25) is 4.90 Å². The summed E-state index contributed by atoms with van der Waals surface area (Å²) in [5, 5.41) is 9.10. The molecule has 1 aliphatic rings. The highest BCUT2D eigenvalue weighted by Gasteiger charge is 2.42. The molecule has 0 spiro atoms. The monoisotopic (exact) mass is 315 g/mol. The summed E-state index contributed by atoms with van der Waals surface area (Å²) in [5.74, 6) is -0.339. The van der Waals surface area contributed by atoms with Crippen molar-refractivity contribution in [2.75, 3.05) is 13.2 Å². The lowest BCUT2D eigenvalue weighted by Gasteiger charge is -2.29. The molecule has 0 aromatic heterocycles. The van der Waals surface area contributed by atoms with Crippen LogP contribution in [0.5, 0.6) is 0 Å². The Morgan fingerprint density at radius 3 is 2.09 bits per heavy atom. The van der Waals surface area contributed by atoms with Gasteiger partial charge in [-0.25, -0.2) is 9.59 Å². The highest BCUT2D eigenvalue weighted by atomic mass is 16.6. The summed E-state index contributed by atoms with van der Waals surface area (Å²) < 4.78 is 10.8. The molecule has 0 aromatic rings. The fourth-order valence-corrected chi connectivity index (χ4v) is 2.43. The molecule has 0 unspecified atom stereocenters. The Bertz CT molecular complexity index is 372. The van der Waals surface area contributed by atoms with Crippen LogP contribution in [0.15, 0.2) is 0 Å². The van der Waals surface area contributed by atoms with Crippen LogP contribution in [0.3, 0.4) is 0 Å². The highest BCUT2D eigenvalue weighted by Crippen LogP contribution is 2.29. The molecule has 1 rings (SSSR count). The van der Waals surface area contributed by atoms with E-state index in [4.69, 9.17) is 14.6 Å². The van der Waals surface area contributed by atoms with E-state index < -0.39 is 29.3 Å². The second-order valence-electron chi connectivity index (χ2n) is 7.80. The van der Waals surface area contributed by atoms with E-state index >= 15 is 0 Å². The first-order valence-corrected chi connectivity index (χ1v) is 7.76. The van der Waals surface area contributed by atoms with Crippen LogP contribution in [0.2, 0.25) is 0 Å². The van der Waals surface area contributed by atoms with Gasteiger partial charge in [0.15, 0.2) is 0 Å². The molecule has 0 saturated carbocycles. The molecule has 0 aliphatic carbocycles. The zero-order valence-corrected chi connectivity index (χ0v) is 14.5. The fraction of sp³-hybridized carbons (Fsp3) is 0.875. The van der Waals surface area contributed by atoms with E-state index in [0.717, 1.165) is 0 Å². The minimum atomic E-state index is -0.648. The summed E-state index contributed by atoms with van der Waals surface area (Å²) in [6.45, 7) is 11.2. The molecule has 6 nitrogen and oxygen atoms in total. The number of rotatable bonds is 3. The third-order valence-electron chi connectivity index (χ3n) is 3.23. The summed E-state index contributed by atoms with van der Waals surface area (Å²) >= 11 is 0. The molecule has 1 N–H and O–H groups in total. The maximum Gasteiger partial charge on any atom is 0.411 e. The van der Waals surface area contributed by atoms with E-state index in [2.05, 4.69) is 0 Å². The SMILES string of the molecule is CC(C)(C)OC(=O)[C@@H]1C[C@H](CCO)CN1C(=O)OC(C)(C)C. The Morgan fingerprint density at radius 1 is 1.09 bits per heavy atom. The van der Waals surface area contributed by atoms with Crippen molar-refractivity contribution < 1.29 is 24.2 Å². The minimum Gasteiger partial charge on any atom is -0.458 e. The largest absolute Gasteiger partial charge is 0.458 e. The van der Waals surface area contributed by atoms with Crippen LogP contribution in [-0.4, -0.2) is 52.5 Å². The Kier molecular flexibility index (Phi) is 5.84. The van der Waals surface area contributed by atoms with Gasteiger partial charge in [0.05, 0.1) is 0 Å². The number of likely N-dealkylation sites (tertiary alicyclic amines) is 1. The van der Waals surface area contributed by atoms with Gasteiger partial charge in [-0.05, 0) is 60.3 Å². The van der Waals surface area contributed by atoms with Crippen molar-refractivity contribution in [3.8, 4) is 0 Å². The second kappa shape index (κ2) is 6.86. The Labute approximate surface area is 132 Å². The van der Waals surface area contributed by atoms with Gasteiger partial charge in [0.1, 0.15) is 17.2 Å². The normalized spacial score (nSPS) is 22.6. The molecule has 22 heavy (non-hydrogen) atoms. The van der Waals surface area contributed by atoms with E-state index in [-0.39, 0.29) is 12.5 Å². The summed E-state index contributed by atoms with van der Waals surface area (Å²) in [4.78, 5) is 26.1. The van der Waals surface area contributed by atoms with Crippen molar-refractivity contribution in [3.63, 3.8) is 0 Å². The first kappa shape index (κ1) is 18.7. The number of carbonyl (C=O) groups is 2. The molecule has 1 fully saturated rings. The average Bonchev–Trinajstić information content (AvgIpc) is 2.69. The third kappa shape index (κ3) is 5.83. The first-order valence-electron chi connectivity index (χ1n) is 7.76. The van der Waals surface area contributed by atoms with Crippen LogP contribution in [0, 0.1) is 5.92 Å². The van der Waals surface area contributed by atoms with Crippen molar-refractivity contribution >= 4 is 12.1 Å². The van der Waals surface area contributed by atoms with Crippen molar-refractivity contribution in [1.82, 2.24) is 4.90 Å². The number of esters is 1. The molecule has 0 bridgehead atoms. The van der Waals surface area contributed by atoms with Crippen LogP contribution in [-0.2, 0) is 14.3 Å². The summed E-state index contributed by atoms with van der Waals surface area (Å²) in [6.07, 6.45) is 0.539. The lowest BCUT2D eigenvalue weighted by Crippen LogP contribution is -2.45. The number of ether oxygens (including phenoxy) is 2. The molecule has 2 atom stereocenters. The molecular formula is C16H29NO5. The second-order valence-corrected chi connectivity index (χ2v) is 7.80. The van der Waals surface area contributed by atoms with E-state index in [9.17, 15) is 9.59 Å². The lowest BCUT2D eigenvalue weighted by atomic mass is 10.0. The fourth-order valence-electron chi connectivity index (χ4n) is 2.43. The van der Waals surface area contributed by atoms with Gasteiger partial charge in [-0.2, -0.15) is 0 Å². The Hall–Kier alpha value is -1.30. The van der Waals surface area contributed by atoms with Gasteiger partial charge >= 0.3 is 12.1 Å². The van der Waals surface area contributed by atoms with Crippen LogP contribution in [0.25, 0.3) is 0 Å². The predicted molar refractivity (Wildman–Crippen MR) is 82.4 cm³/mol. The van der Waals surface area contributed by atoms with Crippen molar-refractivity contribution in [2.45, 2.75) is 71.6 Å². The number of carbonyl (C=O) groups excluding carboxylic acids is 2. The predicted octanol–water partition coefficient (Wildman–Crippen LogP) is 2.34. The summed E-state index contributed by atoms with van der Waals surface area (Å²) in [7, 11) is 0. The van der Waals surface area contributed by atoms with Crippen molar-refractivity contribution in [3.05, 3.63) is 0 Å². The Balaban J connectivity index is 2.85. The number of aliphatic hydroxyl groups excluding tert-OH is 1. The van der Waals surface area contributed by atoms with Gasteiger partial charge in [0, 0.05) is 13.2 Å². The molecule has 128 valence electrons. The van der Waals surface area contributed by atoms with Gasteiger partial charge in [-0.15, -0.1) is 0 Å². The smallest absolute Gasteiger partial charge is 0.411 e. The minimum absolute atomic E-state index is 0.0356. The molecular weight excluding hydrogens is 286 g/mol. The number of nitrogens with zero attached hydrogens (tertiary/aromatic N) is 1. The lowest BCUT2D eigenvalue weighted by molar-refractivity contribution is -0.160. The van der Waals surface area contributed by atoms with E-state index in [1.54, 1.807) is 41.5 Å². The molecule has 1 heterocycles. The van der Waals surface area contributed by atoms with Crippen LogP contribution in [0.4, 0.5) is 4.79 Å². The number of hydrogen-bond donors (Lipinski definition) is 1. The topological polar surface area (TPSA) is 76.1 Å². The zero-order valence-electron chi connectivity index (χ0n) is 14.5. The molecule has 1 aliphatic heterocycles. The third-order valence-corrected chi connectivity index (χ3v) is 3.23. The summed E-state index contributed by atoms with van der Waals surface area (Å²) in [5.41, 5.74) is -1.23. The van der Waals surface area contributed by atoms with Gasteiger partial charge in [0.2, 0.25) is 0 Å². The van der Waals surface area contributed by atoms with Crippen LogP contribution >= 0.6 is 0 Å². The van der Waals surface area contributed by atoms with Gasteiger partial charge < -0.3 is 14.6 Å². The molecule has 0 aromatic carbocycles. The molecule has 1 saturated heterocycles. The molecule has 6 heteroatoms. The standard InChI is InChI=1S/C16H29NO5/c1-15(2,3)21-13(19)12-9-11(7-8-18)10-17(12)14(20)22-16(4,5)6/h11-12,18H,7-10H2,1-6H3/t11-,12-/m0/s1. The maximum atomic E-state index is 12.4. The zero-order chi connectivity index (χ0) is 17.1. The maximum absolute atomic E-state index is 12.4. The number of amides is 1. The van der Waals surface area contributed by atoms with E-state index in [1.165, 1.54) is 4.90 Å². The first-order chi connectivity index (χ1) is 9.93. The van der Waals surface area contributed by atoms with Gasteiger partial charge in [-0.1, -0.05) is 0 Å². The van der Waals surface area contributed by atoms with Crippen molar-refractivity contribution in [1.29, 1.82) is 0 Å². The van der Waals surface area contributed by atoms with Crippen LogP contribution < -0.4 is 0 Å². The number of hydrogen-bond acceptors (Lipinski definition) is 5. The van der Waals surface area contributed by atoms with Crippen LogP contribution in [0.1, 0.15) is 54.4 Å². The van der Waals surface area contributed by atoms with E-state index in [0.29, 0.717) is 19.4 Å². The summed E-state index contributed by atoms with van der Waals surface area (Å²) in [6, 6.07) is -0.648. The number of aliphatic hydroxyl groups is 1. The van der Waals surface area contributed by atoms with E-state index in [1.807, 2.05) is 0 Å². The van der Waals surface area contributed by atoms with Crippen molar-refractivity contribution in [2.24, 2.45) is 5.92 Å².